The van der Waals surface area contributed by atoms with E-state index in [2.05, 4.69) is 32.6 Å². The molecule has 18 heavy (non-hydrogen) atoms. The Morgan fingerprint density at radius 1 is 1.39 bits per heavy atom. The fraction of sp³-hybridized carbons (Fsp3) is 1.00. The van der Waals surface area contributed by atoms with Crippen LogP contribution in [0.1, 0.15) is 53.4 Å². The summed E-state index contributed by atoms with van der Waals surface area (Å²) in [5.41, 5.74) is 5.73. The summed E-state index contributed by atoms with van der Waals surface area (Å²) in [7, 11) is 0. The van der Waals surface area contributed by atoms with Crippen molar-refractivity contribution >= 4 is 0 Å². The molecule has 2 atom stereocenters. The standard InChI is InChI=1S/C15H32N2O/c1-5-7-8-13(6-2)10-17-11-14(9-16)18-15(3,4)12-17/h13-14H,5-12,16H2,1-4H3. The van der Waals surface area contributed by atoms with E-state index in [1.807, 2.05) is 0 Å². The van der Waals surface area contributed by atoms with Crippen LogP contribution in [0.5, 0.6) is 0 Å². The summed E-state index contributed by atoms with van der Waals surface area (Å²) >= 11 is 0. The molecule has 0 aliphatic carbocycles. The van der Waals surface area contributed by atoms with Crippen LogP contribution in [-0.4, -0.2) is 42.8 Å². The van der Waals surface area contributed by atoms with Gasteiger partial charge < -0.3 is 10.5 Å². The second-order valence-electron chi connectivity index (χ2n) is 6.35. The molecule has 1 fully saturated rings. The van der Waals surface area contributed by atoms with Gasteiger partial charge in [0.15, 0.2) is 0 Å². The van der Waals surface area contributed by atoms with Gasteiger partial charge in [-0.05, 0) is 26.2 Å². The number of morpholine rings is 1. The van der Waals surface area contributed by atoms with Crippen LogP contribution < -0.4 is 5.73 Å². The van der Waals surface area contributed by atoms with Gasteiger partial charge in [-0.2, -0.15) is 0 Å². The molecule has 0 aromatic heterocycles. The molecule has 0 amide bonds. The Kier molecular flexibility index (Phi) is 6.61. The van der Waals surface area contributed by atoms with Crippen molar-refractivity contribution in [1.29, 1.82) is 0 Å². The van der Waals surface area contributed by atoms with E-state index in [4.69, 9.17) is 10.5 Å². The number of unbranched alkanes of at least 4 members (excludes halogenated alkanes) is 1. The molecule has 1 heterocycles. The third-order valence-corrected chi connectivity index (χ3v) is 3.87. The highest BCUT2D eigenvalue weighted by molar-refractivity contribution is 4.85. The monoisotopic (exact) mass is 256 g/mol. The summed E-state index contributed by atoms with van der Waals surface area (Å²) in [6, 6.07) is 0. The van der Waals surface area contributed by atoms with Gasteiger partial charge in [-0.1, -0.05) is 33.1 Å². The molecule has 3 heteroatoms. The SMILES string of the molecule is CCCCC(CC)CN1CC(CN)OC(C)(C)C1. The summed E-state index contributed by atoms with van der Waals surface area (Å²) in [5.74, 6) is 0.831. The number of rotatable bonds is 7. The highest BCUT2D eigenvalue weighted by atomic mass is 16.5. The smallest absolute Gasteiger partial charge is 0.0831 e. The van der Waals surface area contributed by atoms with Crippen LogP contribution in [0.4, 0.5) is 0 Å². The highest BCUT2D eigenvalue weighted by Crippen LogP contribution is 2.23. The van der Waals surface area contributed by atoms with Crippen LogP contribution in [0.2, 0.25) is 0 Å². The van der Waals surface area contributed by atoms with Gasteiger partial charge in [0.05, 0.1) is 11.7 Å². The first-order valence-corrected chi connectivity index (χ1v) is 7.61. The van der Waals surface area contributed by atoms with Crippen LogP contribution in [0.3, 0.4) is 0 Å². The van der Waals surface area contributed by atoms with Crippen LogP contribution in [0.15, 0.2) is 0 Å². The van der Waals surface area contributed by atoms with E-state index in [1.54, 1.807) is 0 Å². The molecule has 0 aromatic carbocycles. The topological polar surface area (TPSA) is 38.5 Å². The minimum Gasteiger partial charge on any atom is -0.368 e. The first-order valence-electron chi connectivity index (χ1n) is 7.61. The van der Waals surface area contributed by atoms with Crippen molar-refractivity contribution in [2.75, 3.05) is 26.2 Å². The molecule has 0 aromatic rings. The average molecular weight is 256 g/mol. The molecule has 3 nitrogen and oxygen atoms in total. The molecule has 1 aliphatic heterocycles. The summed E-state index contributed by atoms with van der Waals surface area (Å²) in [4.78, 5) is 2.56. The van der Waals surface area contributed by atoms with E-state index in [0.717, 1.165) is 19.0 Å². The Balaban J connectivity index is 2.48. The van der Waals surface area contributed by atoms with Crippen molar-refractivity contribution in [3.8, 4) is 0 Å². The molecule has 2 N–H and O–H groups in total. The van der Waals surface area contributed by atoms with Gasteiger partial charge in [-0.3, -0.25) is 4.90 Å². The van der Waals surface area contributed by atoms with Gasteiger partial charge in [0.1, 0.15) is 0 Å². The lowest BCUT2D eigenvalue weighted by atomic mass is 9.96. The second-order valence-corrected chi connectivity index (χ2v) is 6.35. The van der Waals surface area contributed by atoms with Crippen LogP contribution in [-0.2, 0) is 4.74 Å². The predicted molar refractivity (Wildman–Crippen MR) is 77.8 cm³/mol. The van der Waals surface area contributed by atoms with Gasteiger partial charge in [-0.15, -0.1) is 0 Å². The van der Waals surface area contributed by atoms with Crippen molar-refractivity contribution in [3.63, 3.8) is 0 Å². The number of nitrogens with two attached hydrogens (primary N) is 1. The first kappa shape index (κ1) is 15.9. The zero-order valence-electron chi connectivity index (χ0n) is 12.7. The average Bonchev–Trinajstić information content (AvgIpc) is 2.32. The zero-order chi connectivity index (χ0) is 13.6. The molecular formula is C15H32N2O. The molecule has 1 aliphatic rings. The quantitative estimate of drug-likeness (QED) is 0.761. The lowest BCUT2D eigenvalue weighted by Gasteiger charge is -2.43. The maximum atomic E-state index is 5.98. The fourth-order valence-corrected chi connectivity index (χ4v) is 2.96. The Bertz CT molecular complexity index is 231. The zero-order valence-corrected chi connectivity index (χ0v) is 12.7. The molecular weight excluding hydrogens is 224 g/mol. The number of nitrogens with zero attached hydrogens (tertiary/aromatic N) is 1. The maximum Gasteiger partial charge on any atom is 0.0831 e. The van der Waals surface area contributed by atoms with Gasteiger partial charge in [0.25, 0.3) is 0 Å². The lowest BCUT2D eigenvalue weighted by Crippen LogP contribution is -2.55. The van der Waals surface area contributed by atoms with Crippen molar-refractivity contribution in [1.82, 2.24) is 4.90 Å². The van der Waals surface area contributed by atoms with Crippen LogP contribution >= 0.6 is 0 Å². The predicted octanol–water partition coefficient (Wildman–Crippen LogP) is 2.64. The van der Waals surface area contributed by atoms with Crippen molar-refractivity contribution in [3.05, 3.63) is 0 Å². The number of hydrogen-bond donors (Lipinski definition) is 1. The Labute approximate surface area is 113 Å². The second kappa shape index (κ2) is 7.46. The summed E-state index contributed by atoms with van der Waals surface area (Å²) in [6.45, 7) is 12.8. The minimum absolute atomic E-state index is 0.0503. The summed E-state index contributed by atoms with van der Waals surface area (Å²) in [5, 5.41) is 0. The van der Waals surface area contributed by atoms with E-state index in [1.165, 1.54) is 32.2 Å². The minimum atomic E-state index is -0.0503. The summed E-state index contributed by atoms with van der Waals surface area (Å²) in [6.07, 6.45) is 5.50. The summed E-state index contributed by atoms with van der Waals surface area (Å²) < 4.78 is 5.98. The Hall–Kier alpha value is -0.120. The molecule has 0 spiro atoms. The van der Waals surface area contributed by atoms with Crippen LogP contribution in [0, 0.1) is 5.92 Å². The van der Waals surface area contributed by atoms with E-state index in [9.17, 15) is 0 Å². The van der Waals surface area contributed by atoms with Crippen molar-refractivity contribution in [2.45, 2.75) is 65.1 Å². The molecule has 0 saturated carbocycles. The van der Waals surface area contributed by atoms with Gasteiger partial charge in [0, 0.05) is 26.2 Å². The van der Waals surface area contributed by atoms with Gasteiger partial charge in [-0.25, -0.2) is 0 Å². The van der Waals surface area contributed by atoms with E-state index in [-0.39, 0.29) is 11.7 Å². The first-order chi connectivity index (χ1) is 8.50. The largest absolute Gasteiger partial charge is 0.368 e. The Morgan fingerprint density at radius 3 is 2.67 bits per heavy atom. The third-order valence-electron chi connectivity index (χ3n) is 3.87. The number of ether oxygens (including phenoxy) is 1. The molecule has 1 saturated heterocycles. The molecule has 108 valence electrons. The van der Waals surface area contributed by atoms with E-state index >= 15 is 0 Å². The molecule has 2 unspecified atom stereocenters. The normalized spacial score (nSPS) is 26.2. The third kappa shape index (κ3) is 5.25. The van der Waals surface area contributed by atoms with E-state index in [0.29, 0.717) is 6.54 Å². The fourth-order valence-electron chi connectivity index (χ4n) is 2.96. The Morgan fingerprint density at radius 2 is 2.11 bits per heavy atom. The van der Waals surface area contributed by atoms with Crippen molar-refractivity contribution in [2.24, 2.45) is 11.7 Å². The maximum absolute atomic E-state index is 5.98. The molecule has 0 bridgehead atoms. The molecule has 1 rings (SSSR count). The van der Waals surface area contributed by atoms with E-state index < -0.39 is 0 Å². The lowest BCUT2D eigenvalue weighted by molar-refractivity contribution is -0.134. The van der Waals surface area contributed by atoms with Crippen molar-refractivity contribution < 1.29 is 4.74 Å². The number of hydrogen-bond acceptors (Lipinski definition) is 3. The highest BCUT2D eigenvalue weighted by Gasteiger charge is 2.33. The van der Waals surface area contributed by atoms with Gasteiger partial charge >= 0.3 is 0 Å². The molecule has 0 radical (unpaired) electrons. The van der Waals surface area contributed by atoms with Gasteiger partial charge in [0.2, 0.25) is 0 Å². The van der Waals surface area contributed by atoms with Crippen LogP contribution in [0.25, 0.3) is 0 Å².